The summed E-state index contributed by atoms with van der Waals surface area (Å²) in [5.41, 5.74) is 0.380. The number of carbonyl (C=O) groups excluding carboxylic acids is 3. The van der Waals surface area contributed by atoms with Crippen LogP contribution in [0.1, 0.15) is 57.6 Å². The molecule has 0 bridgehead atoms. The summed E-state index contributed by atoms with van der Waals surface area (Å²) in [6.45, 7) is 6.73. The van der Waals surface area contributed by atoms with Gasteiger partial charge in [-0.25, -0.2) is 24.4 Å². The highest BCUT2D eigenvalue weighted by Gasteiger charge is 2.31. The number of furan rings is 1. The third-order valence-electron chi connectivity index (χ3n) is 4.91. The van der Waals surface area contributed by atoms with Crippen molar-refractivity contribution in [1.29, 1.82) is 0 Å². The van der Waals surface area contributed by atoms with Crippen molar-refractivity contribution in [1.82, 2.24) is 9.97 Å². The molecule has 0 saturated heterocycles. The minimum absolute atomic E-state index is 0.00368. The fourth-order valence-corrected chi connectivity index (χ4v) is 3.30. The van der Waals surface area contributed by atoms with Gasteiger partial charge in [0.15, 0.2) is 11.6 Å². The lowest BCUT2D eigenvalue weighted by molar-refractivity contribution is 0.0480. The molecule has 0 amide bonds. The monoisotopic (exact) mass is 497 g/mol. The molecule has 36 heavy (non-hydrogen) atoms. The van der Waals surface area contributed by atoms with Crippen LogP contribution in [0.15, 0.2) is 34.9 Å². The van der Waals surface area contributed by atoms with Crippen LogP contribution >= 0.6 is 0 Å². The smallest absolute Gasteiger partial charge is 0.344 e. The maximum absolute atomic E-state index is 12.8. The van der Waals surface area contributed by atoms with E-state index in [0.717, 1.165) is 0 Å². The van der Waals surface area contributed by atoms with Crippen molar-refractivity contribution in [2.24, 2.45) is 0 Å². The molecule has 0 spiro atoms. The Morgan fingerprint density at radius 2 is 1.47 bits per heavy atom. The zero-order chi connectivity index (χ0) is 26.2. The molecule has 2 heterocycles. The van der Waals surface area contributed by atoms with Crippen LogP contribution in [0.4, 0.5) is 11.7 Å². The maximum Gasteiger partial charge on any atom is 0.344 e. The van der Waals surface area contributed by atoms with Crippen LogP contribution in [0.5, 0.6) is 5.75 Å². The first-order valence-electron chi connectivity index (χ1n) is 11.3. The maximum atomic E-state index is 12.8. The first kappa shape index (κ1) is 26.2. The molecule has 0 aliphatic rings. The topological polar surface area (TPSA) is 139 Å². The van der Waals surface area contributed by atoms with Crippen LogP contribution in [0, 0.1) is 6.92 Å². The van der Waals surface area contributed by atoms with Gasteiger partial charge >= 0.3 is 17.9 Å². The fraction of sp³-hybridized carbons (Fsp3) is 0.320. The van der Waals surface area contributed by atoms with Crippen molar-refractivity contribution in [3.8, 4) is 17.1 Å². The van der Waals surface area contributed by atoms with Crippen molar-refractivity contribution in [3.63, 3.8) is 0 Å². The van der Waals surface area contributed by atoms with E-state index in [-0.39, 0.29) is 59.8 Å². The largest absolute Gasteiger partial charge is 0.497 e. The zero-order valence-electron chi connectivity index (χ0n) is 20.7. The number of aryl methyl sites for hydroxylation is 1. The lowest BCUT2D eigenvalue weighted by Crippen LogP contribution is -2.15. The molecule has 0 unspecified atom stereocenters. The van der Waals surface area contributed by atoms with Crippen molar-refractivity contribution in [3.05, 3.63) is 52.9 Å². The third-order valence-corrected chi connectivity index (χ3v) is 4.91. The first-order valence-corrected chi connectivity index (χ1v) is 11.3. The van der Waals surface area contributed by atoms with E-state index in [1.54, 1.807) is 52.1 Å². The molecule has 0 aliphatic heterocycles. The minimum atomic E-state index is -0.804. The number of nitrogens with zero attached hydrogens (tertiary/aromatic N) is 2. The van der Waals surface area contributed by atoms with Gasteiger partial charge in [-0.05, 0) is 52.0 Å². The molecule has 1 N–H and O–H groups in total. The Kier molecular flexibility index (Phi) is 8.61. The molecule has 0 saturated carbocycles. The van der Waals surface area contributed by atoms with E-state index >= 15 is 0 Å². The zero-order valence-corrected chi connectivity index (χ0v) is 20.7. The number of hydrogen-bond acceptors (Lipinski definition) is 11. The number of methoxy groups -OCH3 is 1. The molecular weight excluding hydrogens is 470 g/mol. The van der Waals surface area contributed by atoms with Crippen molar-refractivity contribution >= 4 is 29.6 Å². The normalized spacial score (nSPS) is 10.5. The highest BCUT2D eigenvalue weighted by molar-refractivity contribution is 6.08. The highest BCUT2D eigenvalue weighted by atomic mass is 16.5. The molecule has 0 fully saturated rings. The van der Waals surface area contributed by atoms with Gasteiger partial charge in [-0.2, -0.15) is 0 Å². The number of ether oxygens (including phenoxy) is 4. The van der Waals surface area contributed by atoms with E-state index in [4.69, 9.17) is 23.4 Å². The van der Waals surface area contributed by atoms with Gasteiger partial charge in [-0.15, -0.1) is 0 Å². The summed E-state index contributed by atoms with van der Waals surface area (Å²) in [6, 6.07) is 6.99. The van der Waals surface area contributed by atoms with E-state index < -0.39 is 17.9 Å². The Balaban J connectivity index is 2.14. The summed E-state index contributed by atoms with van der Waals surface area (Å²) < 4.78 is 26.2. The molecule has 2 aromatic heterocycles. The second kappa shape index (κ2) is 11.8. The van der Waals surface area contributed by atoms with Crippen molar-refractivity contribution in [2.75, 3.05) is 32.2 Å². The number of anilines is 2. The number of hydrogen-bond donors (Lipinski definition) is 1. The standard InChI is InChI=1S/C25H27N3O8/c1-6-33-23(29)17-13-26-20(15-9-11-16(32-5)12-10-15)27-21(17)28-22-19(25(31)35-8-3)18(14(4)36-22)24(30)34-7-2/h9-13H,6-8H2,1-5H3,(H,26,27,28). The van der Waals surface area contributed by atoms with E-state index in [0.29, 0.717) is 11.3 Å². The lowest BCUT2D eigenvalue weighted by Gasteiger charge is -2.12. The number of esters is 3. The number of carbonyl (C=O) groups is 3. The molecule has 1 aromatic carbocycles. The van der Waals surface area contributed by atoms with E-state index in [2.05, 4.69) is 15.3 Å². The van der Waals surface area contributed by atoms with Gasteiger partial charge in [-0.3, -0.25) is 0 Å². The van der Waals surface area contributed by atoms with Crippen LogP contribution in [-0.2, 0) is 14.2 Å². The van der Waals surface area contributed by atoms with Crippen molar-refractivity contribution < 1.29 is 37.7 Å². The molecule has 0 atom stereocenters. The molecule has 0 radical (unpaired) electrons. The molecular formula is C25H27N3O8. The second-order valence-electron chi connectivity index (χ2n) is 7.21. The molecule has 0 aliphatic carbocycles. The van der Waals surface area contributed by atoms with E-state index in [9.17, 15) is 14.4 Å². The quantitative estimate of drug-likeness (QED) is 0.316. The Morgan fingerprint density at radius 3 is 2.06 bits per heavy atom. The van der Waals surface area contributed by atoms with Crippen LogP contribution < -0.4 is 10.1 Å². The lowest BCUT2D eigenvalue weighted by atomic mass is 10.1. The van der Waals surface area contributed by atoms with Crippen LogP contribution in [-0.4, -0.2) is 54.8 Å². The molecule has 11 nitrogen and oxygen atoms in total. The van der Waals surface area contributed by atoms with Crippen molar-refractivity contribution in [2.45, 2.75) is 27.7 Å². The fourth-order valence-electron chi connectivity index (χ4n) is 3.30. The average Bonchev–Trinajstić information content (AvgIpc) is 3.20. The van der Waals surface area contributed by atoms with Gasteiger partial charge in [0, 0.05) is 11.8 Å². The number of nitrogens with one attached hydrogen (secondary N) is 1. The summed E-state index contributed by atoms with van der Waals surface area (Å²) in [5.74, 6) is -1.32. The summed E-state index contributed by atoms with van der Waals surface area (Å²) in [6.07, 6.45) is 1.30. The van der Waals surface area contributed by atoms with Crippen LogP contribution in [0.3, 0.4) is 0 Å². The van der Waals surface area contributed by atoms with Gasteiger partial charge in [0.1, 0.15) is 28.2 Å². The summed E-state index contributed by atoms with van der Waals surface area (Å²) in [7, 11) is 1.55. The Bertz CT molecular complexity index is 1250. The Labute approximate surface area is 207 Å². The van der Waals surface area contributed by atoms with Gasteiger partial charge in [0.25, 0.3) is 0 Å². The van der Waals surface area contributed by atoms with Gasteiger partial charge in [-0.1, -0.05) is 0 Å². The SMILES string of the molecule is CCOC(=O)c1cnc(-c2ccc(OC)cc2)nc1Nc1oc(C)c(C(=O)OCC)c1C(=O)OCC. The van der Waals surface area contributed by atoms with Crippen LogP contribution in [0.2, 0.25) is 0 Å². The number of rotatable bonds is 10. The Hall–Kier alpha value is -4.41. The summed E-state index contributed by atoms with van der Waals surface area (Å²) in [5, 5.41) is 2.86. The highest BCUT2D eigenvalue weighted by Crippen LogP contribution is 2.32. The predicted octanol–water partition coefficient (Wildman–Crippen LogP) is 4.33. The average molecular weight is 498 g/mol. The summed E-state index contributed by atoms with van der Waals surface area (Å²) in [4.78, 5) is 46.8. The van der Waals surface area contributed by atoms with E-state index in [1.165, 1.54) is 13.1 Å². The molecule has 11 heteroatoms. The predicted molar refractivity (Wildman–Crippen MR) is 129 cm³/mol. The summed E-state index contributed by atoms with van der Waals surface area (Å²) >= 11 is 0. The number of aromatic nitrogens is 2. The third kappa shape index (κ3) is 5.62. The first-order chi connectivity index (χ1) is 17.3. The molecule has 3 rings (SSSR count). The van der Waals surface area contributed by atoms with E-state index in [1.807, 2.05) is 0 Å². The van der Waals surface area contributed by atoms with Gasteiger partial charge in [0.2, 0.25) is 5.88 Å². The van der Waals surface area contributed by atoms with Crippen LogP contribution in [0.25, 0.3) is 11.4 Å². The minimum Gasteiger partial charge on any atom is -0.497 e. The second-order valence-corrected chi connectivity index (χ2v) is 7.21. The van der Waals surface area contributed by atoms with Gasteiger partial charge in [0.05, 0.1) is 26.9 Å². The Morgan fingerprint density at radius 1 is 0.889 bits per heavy atom. The van der Waals surface area contributed by atoms with Gasteiger partial charge < -0.3 is 28.7 Å². The number of benzene rings is 1. The molecule has 190 valence electrons. The molecule has 3 aromatic rings.